The van der Waals surface area contributed by atoms with Crippen LogP contribution in [0.15, 0.2) is 23.1 Å². The lowest BCUT2D eigenvalue weighted by Crippen LogP contribution is -1.96. The summed E-state index contributed by atoms with van der Waals surface area (Å²) in [5, 5.41) is 10.3. The quantitative estimate of drug-likeness (QED) is 0.361. The Balaban J connectivity index is 2.86. The molecule has 9 heteroatoms. The maximum atomic E-state index is 13.0. The molecule has 0 fully saturated rings. The zero-order valence-electron chi connectivity index (χ0n) is 7.32. The van der Waals surface area contributed by atoms with Crippen LogP contribution >= 0.6 is 21.6 Å². The van der Waals surface area contributed by atoms with Gasteiger partial charge < -0.3 is 0 Å². The summed E-state index contributed by atoms with van der Waals surface area (Å²) in [6.45, 7) is 0. The van der Waals surface area contributed by atoms with Crippen molar-refractivity contribution in [1.29, 1.82) is 0 Å². The number of non-ortho nitro benzene ring substituents is 1. The van der Waals surface area contributed by atoms with Gasteiger partial charge in [0.25, 0.3) is 5.69 Å². The summed E-state index contributed by atoms with van der Waals surface area (Å²) in [7, 11) is -0.427. The second-order valence-corrected chi connectivity index (χ2v) is 4.72. The van der Waals surface area contributed by atoms with E-state index in [9.17, 15) is 27.7 Å². The fourth-order valence-corrected chi connectivity index (χ4v) is 2.20. The highest BCUT2D eigenvalue weighted by Gasteiger charge is 2.30. The standard InChI is InChI=1S/C7H3F4NO2S2/c8-5-2-1-4(12(13)14)3-6(5)15-16-7(9,10)11/h1-3H. The first-order valence-electron chi connectivity index (χ1n) is 3.66. The van der Waals surface area contributed by atoms with E-state index in [4.69, 9.17) is 0 Å². The van der Waals surface area contributed by atoms with E-state index in [2.05, 4.69) is 0 Å². The third-order valence-corrected chi connectivity index (χ3v) is 3.47. The summed E-state index contributed by atoms with van der Waals surface area (Å²) in [4.78, 5) is 9.09. The minimum atomic E-state index is -4.53. The molecule has 0 amide bonds. The number of benzene rings is 1. The highest BCUT2D eigenvalue weighted by atomic mass is 33.1. The molecule has 1 rings (SSSR count). The van der Waals surface area contributed by atoms with E-state index in [0.717, 1.165) is 18.2 Å². The van der Waals surface area contributed by atoms with Crippen LogP contribution in [0.25, 0.3) is 0 Å². The van der Waals surface area contributed by atoms with Crippen molar-refractivity contribution in [2.75, 3.05) is 0 Å². The second-order valence-electron chi connectivity index (χ2n) is 2.48. The Labute approximate surface area is 94.8 Å². The van der Waals surface area contributed by atoms with Crippen LogP contribution < -0.4 is 0 Å². The first-order chi connectivity index (χ1) is 7.29. The van der Waals surface area contributed by atoms with Gasteiger partial charge >= 0.3 is 5.51 Å². The third kappa shape index (κ3) is 3.89. The van der Waals surface area contributed by atoms with Gasteiger partial charge in [0, 0.05) is 22.9 Å². The number of alkyl halides is 3. The molecule has 0 aromatic heterocycles. The number of hydrogen-bond donors (Lipinski definition) is 0. The molecule has 0 radical (unpaired) electrons. The lowest BCUT2D eigenvalue weighted by Gasteiger charge is -2.04. The molecule has 0 spiro atoms. The molecule has 0 aliphatic carbocycles. The number of nitro groups is 1. The summed E-state index contributed by atoms with van der Waals surface area (Å²) in [5.41, 5.74) is -4.98. The summed E-state index contributed by atoms with van der Waals surface area (Å²) in [6.07, 6.45) is 0. The molecule has 1 aromatic carbocycles. The van der Waals surface area contributed by atoms with Crippen LogP contribution in [-0.2, 0) is 0 Å². The normalized spacial score (nSPS) is 11.5. The minimum Gasteiger partial charge on any atom is -0.258 e. The van der Waals surface area contributed by atoms with Crippen molar-refractivity contribution < 1.29 is 22.5 Å². The first kappa shape index (κ1) is 13.1. The van der Waals surface area contributed by atoms with Crippen LogP contribution in [0.1, 0.15) is 0 Å². The number of rotatable bonds is 3. The Morgan fingerprint density at radius 3 is 2.44 bits per heavy atom. The Hall–Kier alpha value is -0.960. The van der Waals surface area contributed by atoms with E-state index < -0.39 is 37.6 Å². The molecule has 0 N–H and O–H groups in total. The van der Waals surface area contributed by atoms with Gasteiger partial charge in [-0.25, -0.2) is 4.39 Å². The molecule has 0 saturated carbocycles. The Kier molecular flexibility index (Phi) is 4.03. The summed E-state index contributed by atoms with van der Waals surface area (Å²) < 4.78 is 48.4. The molecular formula is C7H3F4NO2S2. The van der Waals surface area contributed by atoms with E-state index in [1.165, 1.54) is 0 Å². The SMILES string of the molecule is O=[N+]([O-])c1ccc(F)c(SSC(F)(F)F)c1. The Morgan fingerprint density at radius 1 is 1.31 bits per heavy atom. The Morgan fingerprint density at radius 2 is 1.94 bits per heavy atom. The fraction of sp³-hybridized carbons (Fsp3) is 0.143. The lowest BCUT2D eigenvalue weighted by molar-refractivity contribution is -0.385. The van der Waals surface area contributed by atoms with Crippen LogP contribution in [0.5, 0.6) is 0 Å². The van der Waals surface area contributed by atoms with Gasteiger partial charge in [-0.05, 0) is 16.9 Å². The average Bonchev–Trinajstić information content (AvgIpc) is 2.14. The fourth-order valence-electron chi connectivity index (χ4n) is 0.762. The van der Waals surface area contributed by atoms with Gasteiger partial charge in [-0.3, -0.25) is 10.1 Å². The molecule has 16 heavy (non-hydrogen) atoms. The van der Waals surface area contributed by atoms with Gasteiger partial charge in [0.05, 0.1) is 9.82 Å². The van der Waals surface area contributed by atoms with Crippen LogP contribution in [-0.4, -0.2) is 10.4 Å². The molecule has 1 aromatic rings. The first-order valence-corrected chi connectivity index (χ1v) is 5.81. The van der Waals surface area contributed by atoms with Gasteiger partial charge in [-0.2, -0.15) is 13.2 Å². The lowest BCUT2D eigenvalue weighted by atomic mass is 10.3. The molecule has 3 nitrogen and oxygen atoms in total. The van der Waals surface area contributed by atoms with E-state index in [0.29, 0.717) is 0 Å². The van der Waals surface area contributed by atoms with Crippen molar-refractivity contribution in [3.8, 4) is 0 Å². The van der Waals surface area contributed by atoms with Crippen LogP contribution in [0.4, 0.5) is 23.2 Å². The molecule has 0 bridgehead atoms. The van der Waals surface area contributed by atoms with Crippen molar-refractivity contribution in [3.05, 3.63) is 34.1 Å². The number of nitro benzene ring substituents is 1. The maximum absolute atomic E-state index is 13.0. The molecule has 0 heterocycles. The highest BCUT2D eigenvalue weighted by Crippen LogP contribution is 2.45. The van der Waals surface area contributed by atoms with Crippen molar-refractivity contribution in [1.82, 2.24) is 0 Å². The van der Waals surface area contributed by atoms with Crippen LogP contribution in [0.3, 0.4) is 0 Å². The van der Waals surface area contributed by atoms with E-state index in [-0.39, 0.29) is 10.8 Å². The van der Waals surface area contributed by atoms with Crippen molar-refractivity contribution >= 4 is 27.3 Å². The summed E-state index contributed by atoms with van der Waals surface area (Å²) in [6, 6.07) is 2.41. The largest absolute Gasteiger partial charge is 0.452 e. The van der Waals surface area contributed by atoms with Gasteiger partial charge in [-0.1, -0.05) is 0 Å². The topological polar surface area (TPSA) is 43.1 Å². The predicted molar refractivity (Wildman–Crippen MR) is 52.6 cm³/mol. The molecular weight excluding hydrogens is 270 g/mol. The van der Waals surface area contributed by atoms with Crippen molar-refractivity contribution in [2.24, 2.45) is 0 Å². The Bertz CT molecular complexity index is 410. The molecule has 0 unspecified atom stereocenters. The van der Waals surface area contributed by atoms with E-state index >= 15 is 0 Å². The molecule has 0 saturated heterocycles. The van der Waals surface area contributed by atoms with Crippen LogP contribution in [0, 0.1) is 15.9 Å². The predicted octanol–water partition coefficient (Wildman–Crippen LogP) is 3.99. The zero-order valence-corrected chi connectivity index (χ0v) is 8.96. The number of nitrogens with zero attached hydrogens (tertiary/aromatic N) is 1. The van der Waals surface area contributed by atoms with Crippen LogP contribution in [0.2, 0.25) is 0 Å². The van der Waals surface area contributed by atoms with Gasteiger partial charge in [0.15, 0.2) is 0 Å². The smallest absolute Gasteiger partial charge is 0.258 e. The average molecular weight is 273 g/mol. The van der Waals surface area contributed by atoms with E-state index in [1.54, 1.807) is 0 Å². The number of hydrogen-bond acceptors (Lipinski definition) is 4. The molecule has 0 atom stereocenters. The zero-order chi connectivity index (χ0) is 12.3. The van der Waals surface area contributed by atoms with Gasteiger partial charge in [-0.15, -0.1) is 0 Å². The molecule has 0 aliphatic heterocycles. The maximum Gasteiger partial charge on any atom is 0.452 e. The highest BCUT2D eigenvalue weighted by molar-refractivity contribution is 8.77. The van der Waals surface area contributed by atoms with E-state index in [1.807, 2.05) is 0 Å². The monoisotopic (exact) mass is 273 g/mol. The second kappa shape index (κ2) is 4.91. The molecule has 88 valence electrons. The summed E-state index contributed by atoms with van der Waals surface area (Å²) in [5.74, 6) is -0.924. The minimum absolute atomic E-state index is 0.0978. The summed E-state index contributed by atoms with van der Waals surface area (Å²) >= 11 is 0. The molecule has 0 aliphatic rings. The van der Waals surface area contributed by atoms with Crippen molar-refractivity contribution in [2.45, 2.75) is 10.4 Å². The van der Waals surface area contributed by atoms with Gasteiger partial charge in [0.2, 0.25) is 0 Å². The number of halogens is 4. The third-order valence-electron chi connectivity index (χ3n) is 1.35. The van der Waals surface area contributed by atoms with Gasteiger partial charge in [0.1, 0.15) is 5.82 Å². The van der Waals surface area contributed by atoms with Crippen molar-refractivity contribution in [3.63, 3.8) is 0 Å².